The molecule has 1 aromatic rings. The van der Waals surface area contributed by atoms with Gasteiger partial charge in [-0.15, -0.1) is 0 Å². The Labute approximate surface area is 76.7 Å². The molecule has 0 aliphatic carbocycles. The first kappa shape index (κ1) is 9.54. The molecular weight excluding hydrogens is 168 g/mol. The van der Waals surface area contributed by atoms with Gasteiger partial charge in [-0.25, -0.2) is 0 Å². The van der Waals surface area contributed by atoms with Crippen molar-refractivity contribution in [1.82, 2.24) is 4.90 Å². The lowest BCUT2D eigenvalue weighted by atomic mass is 10.2. The fraction of sp³-hybridized carbons (Fsp3) is 0.222. The highest BCUT2D eigenvalue weighted by Crippen LogP contribution is 2.09. The Kier molecular flexibility index (Phi) is 2.87. The van der Waals surface area contributed by atoms with E-state index in [1.165, 1.54) is 4.90 Å². The third-order valence-corrected chi connectivity index (χ3v) is 1.67. The van der Waals surface area contributed by atoms with Crippen LogP contribution >= 0.6 is 0 Å². The molecule has 1 rings (SSSR count). The van der Waals surface area contributed by atoms with Gasteiger partial charge in [0.05, 0.1) is 5.69 Å². The molecule has 0 saturated heterocycles. The molecule has 0 unspecified atom stereocenters. The summed E-state index contributed by atoms with van der Waals surface area (Å²) in [6.07, 6.45) is 0. The zero-order valence-electron chi connectivity index (χ0n) is 7.61. The summed E-state index contributed by atoms with van der Waals surface area (Å²) in [5.74, 6) is -0.0514. The van der Waals surface area contributed by atoms with E-state index in [1.54, 1.807) is 38.4 Å². The second-order valence-electron chi connectivity index (χ2n) is 2.89. The minimum atomic E-state index is -0.0514. The predicted octanol–water partition coefficient (Wildman–Crippen LogP) is 1.19. The van der Waals surface area contributed by atoms with Crippen LogP contribution < -0.4 is 5.48 Å². The fourth-order valence-corrected chi connectivity index (χ4v) is 0.946. The van der Waals surface area contributed by atoms with Crippen molar-refractivity contribution >= 4 is 11.6 Å². The molecule has 1 aromatic carbocycles. The summed E-state index contributed by atoms with van der Waals surface area (Å²) in [4.78, 5) is 12.9. The molecule has 0 spiro atoms. The third kappa shape index (κ3) is 2.19. The van der Waals surface area contributed by atoms with E-state index in [2.05, 4.69) is 0 Å². The smallest absolute Gasteiger partial charge is 0.253 e. The Balaban J connectivity index is 2.86. The topological polar surface area (TPSA) is 52.6 Å². The number of benzene rings is 1. The Morgan fingerprint density at radius 3 is 2.23 bits per heavy atom. The zero-order valence-corrected chi connectivity index (χ0v) is 7.61. The normalized spacial score (nSPS) is 9.46. The van der Waals surface area contributed by atoms with Gasteiger partial charge in [-0.3, -0.25) is 15.5 Å². The molecule has 0 aliphatic heterocycles. The van der Waals surface area contributed by atoms with Gasteiger partial charge in [-0.1, -0.05) is 0 Å². The average Bonchev–Trinajstić information content (AvgIpc) is 2.17. The van der Waals surface area contributed by atoms with Crippen molar-refractivity contribution in [3.8, 4) is 0 Å². The first-order valence-electron chi connectivity index (χ1n) is 3.87. The van der Waals surface area contributed by atoms with Crippen LogP contribution in [0.25, 0.3) is 0 Å². The molecule has 2 N–H and O–H groups in total. The van der Waals surface area contributed by atoms with Crippen LogP contribution in [0.4, 0.5) is 5.69 Å². The molecule has 0 aromatic heterocycles. The molecule has 0 aliphatic rings. The molecule has 70 valence electrons. The fourth-order valence-electron chi connectivity index (χ4n) is 0.946. The summed E-state index contributed by atoms with van der Waals surface area (Å²) in [6.45, 7) is 0. The molecule has 0 radical (unpaired) electrons. The van der Waals surface area contributed by atoms with E-state index in [9.17, 15) is 4.79 Å². The van der Waals surface area contributed by atoms with Gasteiger partial charge in [0.15, 0.2) is 0 Å². The minimum absolute atomic E-state index is 0.0514. The van der Waals surface area contributed by atoms with Crippen LogP contribution in [0, 0.1) is 0 Å². The Hall–Kier alpha value is -1.55. The molecule has 4 nitrogen and oxygen atoms in total. The summed E-state index contributed by atoms with van der Waals surface area (Å²) in [7, 11) is 3.39. The number of amides is 1. The number of hydrogen-bond donors (Lipinski definition) is 2. The van der Waals surface area contributed by atoms with Gasteiger partial charge >= 0.3 is 0 Å². The van der Waals surface area contributed by atoms with E-state index < -0.39 is 0 Å². The molecule has 0 atom stereocenters. The first-order valence-corrected chi connectivity index (χ1v) is 3.87. The second-order valence-corrected chi connectivity index (χ2v) is 2.89. The van der Waals surface area contributed by atoms with Gasteiger partial charge in [-0.05, 0) is 24.3 Å². The lowest BCUT2D eigenvalue weighted by Gasteiger charge is -2.10. The lowest BCUT2D eigenvalue weighted by Crippen LogP contribution is -2.21. The van der Waals surface area contributed by atoms with Crippen molar-refractivity contribution in [3.05, 3.63) is 29.8 Å². The van der Waals surface area contributed by atoms with Crippen LogP contribution in [0.1, 0.15) is 10.4 Å². The highest BCUT2D eigenvalue weighted by Gasteiger charge is 2.06. The molecule has 1 amide bonds. The highest BCUT2D eigenvalue weighted by atomic mass is 16.5. The molecule has 13 heavy (non-hydrogen) atoms. The quantitative estimate of drug-likeness (QED) is 0.672. The summed E-state index contributed by atoms with van der Waals surface area (Å²) >= 11 is 0. The van der Waals surface area contributed by atoms with Crippen molar-refractivity contribution in [2.75, 3.05) is 19.6 Å². The number of anilines is 1. The van der Waals surface area contributed by atoms with Gasteiger partial charge in [0.25, 0.3) is 5.91 Å². The Morgan fingerprint density at radius 2 is 1.85 bits per heavy atom. The monoisotopic (exact) mass is 180 g/mol. The van der Waals surface area contributed by atoms with Crippen molar-refractivity contribution in [2.24, 2.45) is 0 Å². The molecule has 0 bridgehead atoms. The number of nitrogens with one attached hydrogen (secondary N) is 1. The first-order chi connectivity index (χ1) is 6.15. The summed E-state index contributed by atoms with van der Waals surface area (Å²) in [6, 6.07) is 6.58. The van der Waals surface area contributed by atoms with E-state index in [-0.39, 0.29) is 5.91 Å². The van der Waals surface area contributed by atoms with Crippen LogP contribution in [0.15, 0.2) is 24.3 Å². The van der Waals surface area contributed by atoms with Crippen molar-refractivity contribution in [3.63, 3.8) is 0 Å². The van der Waals surface area contributed by atoms with Gasteiger partial charge in [0, 0.05) is 19.7 Å². The third-order valence-electron chi connectivity index (χ3n) is 1.67. The largest absolute Gasteiger partial charge is 0.345 e. The van der Waals surface area contributed by atoms with E-state index in [0.717, 1.165) is 0 Å². The maximum Gasteiger partial charge on any atom is 0.253 e. The minimum Gasteiger partial charge on any atom is -0.345 e. The van der Waals surface area contributed by atoms with E-state index in [0.29, 0.717) is 11.3 Å². The highest BCUT2D eigenvalue weighted by molar-refractivity contribution is 5.94. The van der Waals surface area contributed by atoms with Crippen molar-refractivity contribution in [1.29, 1.82) is 0 Å². The number of carbonyl (C=O) groups is 1. The second kappa shape index (κ2) is 3.91. The predicted molar refractivity (Wildman–Crippen MR) is 49.9 cm³/mol. The van der Waals surface area contributed by atoms with Gasteiger partial charge < -0.3 is 4.90 Å². The number of carbonyl (C=O) groups excluding carboxylic acids is 1. The summed E-state index contributed by atoms with van der Waals surface area (Å²) < 4.78 is 0. The van der Waals surface area contributed by atoms with Gasteiger partial charge in [0.2, 0.25) is 0 Å². The van der Waals surface area contributed by atoms with Crippen molar-refractivity contribution < 1.29 is 10.0 Å². The van der Waals surface area contributed by atoms with E-state index in [1.807, 2.05) is 5.48 Å². The standard InChI is InChI=1S/C9H12N2O2/c1-11(2)9(12)7-3-5-8(10-13)6-4-7/h3-6,10,13H,1-2H3. The van der Waals surface area contributed by atoms with Gasteiger partial charge in [-0.2, -0.15) is 0 Å². The van der Waals surface area contributed by atoms with Gasteiger partial charge in [0.1, 0.15) is 0 Å². The zero-order chi connectivity index (χ0) is 9.84. The maximum absolute atomic E-state index is 11.4. The number of hydrogen-bond acceptors (Lipinski definition) is 3. The summed E-state index contributed by atoms with van der Waals surface area (Å²) in [5.41, 5.74) is 3.16. The van der Waals surface area contributed by atoms with Crippen LogP contribution in [-0.2, 0) is 0 Å². The molecule has 0 heterocycles. The molecule has 0 fully saturated rings. The molecular formula is C9H12N2O2. The number of rotatable bonds is 2. The summed E-state index contributed by atoms with van der Waals surface area (Å²) in [5, 5.41) is 8.53. The SMILES string of the molecule is CN(C)C(=O)c1ccc(NO)cc1. The van der Waals surface area contributed by atoms with Crippen LogP contribution in [0.3, 0.4) is 0 Å². The van der Waals surface area contributed by atoms with Crippen molar-refractivity contribution in [2.45, 2.75) is 0 Å². The van der Waals surface area contributed by atoms with Crippen LogP contribution in [-0.4, -0.2) is 30.1 Å². The number of nitrogens with zero attached hydrogens (tertiary/aromatic N) is 1. The van der Waals surface area contributed by atoms with E-state index in [4.69, 9.17) is 5.21 Å². The molecule has 0 saturated carbocycles. The van der Waals surface area contributed by atoms with Crippen LogP contribution in [0.2, 0.25) is 0 Å². The van der Waals surface area contributed by atoms with E-state index >= 15 is 0 Å². The maximum atomic E-state index is 11.4. The Morgan fingerprint density at radius 1 is 1.31 bits per heavy atom. The average molecular weight is 180 g/mol. The van der Waals surface area contributed by atoms with Crippen LogP contribution in [0.5, 0.6) is 0 Å². The lowest BCUT2D eigenvalue weighted by molar-refractivity contribution is 0.0827. The Bertz CT molecular complexity index is 293. The molecule has 4 heteroatoms.